The molecule has 0 amide bonds. The number of nitrogens with zero attached hydrogens (tertiary/aromatic N) is 1. The number of nitrogens with one attached hydrogen (secondary N) is 2. The summed E-state index contributed by atoms with van der Waals surface area (Å²) in [4.78, 5) is 3.24. The maximum Gasteiger partial charge on any atom is 0.0854 e. The summed E-state index contributed by atoms with van der Waals surface area (Å²) in [7, 11) is 0. The molecule has 3 nitrogen and oxygen atoms in total. The third-order valence-corrected chi connectivity index (χ3v) is 5.12. The van der Waals surface area contributed by atoms with Crippen LogP contribution in [0.2, 0.25) is 0 Å². The Balaban J connectivity index is 1.26. The number of H-pyrrole nitrogens is 2. The van der Waals surface area contributed by atoms with Crippen molar-refractivity contribution in [1.82, 2.24) is 15.2 Å². The number of aromatic amines is 2. The predicted octanol–water partition coefficient (Wildman–Crippen LogP) is 6.90. The van der Waals surface area contributed by atoms with Gasteiger partial charge in [-0.15, -0.1) is 0 Å². The van der Waals surface area contributed by atoms with Crippen LogP contribution < -0.4 is 0 Å². The summed E-state index contributed by atoms with van der Waals surface area (Å²) in [5, 5.41) is 8.68. The molecule has 3 heteroatoms. The van der Waals surface area contributed by atoms with Gasteiger partial charge in [-0.2, -0.15) is 5.10 Å². The SMILES string of the molecule is C(=Cc1cc(C=Cc2ccc3cc[nH]c3c2)n[nH]1)c1ccc(-c2ccccc2)cc1. The number of hydrogen-bond acceptors (Lipinski definition) is 1. The lowest BCUT2D eigenvalue weighted by Gasteiger charge is -2.01. The first-order valence-electron chi connectivity index (χ1n) is 9.98. The van der Waals surface area contributed by atoms with E-state index in [0.29, 0.717) is 0 Å². The molecule has 2 heterocycles. The minimum absolute atomic E-state index is 0.903. The molecule has 5 rings (SSSR count). The van der Waals surface area contributed by atoms with Crippen molar-refractivity contribution in [3.8, 4) is 11.1 Å². The molecule has 0 aliphatic carbocycles. The summed E-state index contributed by atoms with van der Waals surface area (Å²) in [6, 6.07) is 29.5. The molecule has 0 spiro atoms. The second kappa shape index (κ2) is 8.10. The highest BCUT2D eigenvalue weighted by atomic mass is 15.1. The first-order valence-corrected chi connectivity index (χ1v) is 9.98. The zero-order valence-corrected chi connectivity index (χ0v) is 16.4. The Morgan fingerprint density at radius 1 is 0.633 bits per heavy atom. The van der Waals surface area contributed by atoms with E-state index in [1.807, 2.05) is 30.5 Å². The van der Waals surface area contributed by atoms with Gasteiger partial charge < -0.3 is 4.98 Å². The smallest absolute Gasteiger partial charge is 0.0854 e. The molecular weight excluding hydrogens is 366 g/mol. The molecular formula is C27H21N3. The van der Waals surface area contributed by atoms with Crippen molar-refractivity contribution >= 4 is 35.2 Å². The van der Waals surface area contributed by atoms with E-state index in [1.54, 1.807) is 0 Å². The second-order valence-electron chi connectivity index (χ2n) is 7.23. The predicted molar refractivity (Wildman–Crippen MR) is 127 cm³/mol. The van der Waals surface area contributed by atoms with E-state index < -0.39 is 0 Å². The van der Waals surface area contributed by atoms with Crippen LogP contribution in [0.5, 0.6) is 0 Å². The molecule has 0 saturated heterocycles. The Morgan fingerprint density at radius 2 is 1.40 bits per heavy atom. The van der Waals surface area contributed by atoms with E-state index in [-0.39, 0.29) is 0 Å². The normalized spacial score (nSPS) is 11.7. The molecule has 0 aliphatic heterocycles. The molecule has 30 heavy (non-hydrogen) atoms. The Hall–Kier alpha value is -4.11. The monoisotopic (exact) mass is 387 g/mol. The van der Waals surface area contributed by atoms with Gasteiger partial charge in [-0.05, 0) is 58.0 Å². The molecule has 0 radical (unpaired) electrons. The van der Waals surface area contributed by atoms with Crippen molar-refractivity contribution in [2.75, 3.05) is 0 Å². The molecule has 144 valence electrons. The van der Waals surface area contributed by atoms with Crippen LogP contribution in [0, 0.1) is 0 Å². The van der Waals surface area contributed by atoms with Crippen molar-refractivity contribution < 1.29 is 0 Å². The summed E-state index contributed by atoms with van der Waals surface area (Å²) in [6.07, 6.45) is 10.2. The van der Waals surface area contributed by atoms with Crippen LogP contribution in [0.4, 0.5) is 0 Å². The molecule has 5 aromatic rings. The molecule has 3 aromatic carbocycles. The molecule has 2 N–H and O–H groups in total. The first kappa shape index (κ1) is 18.0. The number of benzene rings is 3. The van der Waals surface area contributed by atoms with Gasteiger partial charge in [0.2, 0.25) is 0 Å². The Bertz CT molecular complexity index is 1320. The van der Waals surface area contributed by atoms with Gasteiger partial charge in [0.05, 0.1) is 11.4 Å². The topological polar surface area (TPSA) is 44.5 Å². The fourth-order valence-corrected chi connectivity index (χ4v) is 3.48. The molecule has 0 aliphatic rings. The van der Waals surface area contributed by atoms with Gasteiger partial charge in [0.1, 0.15) is 0 Å². The lowest BCUT2D eigenvalue weighted by atomic mass is 10.0. The van der Waals surface area contributed by atoms with Crippen LogP contribution in [0.3, 0.4) is 0 Å². The number of hydrogen-bond donors (Lipinski definition) is 2. The maximum atomic E-state index is 4.38. The van der Waals surface area contributed by atoms with Gasteiger partial charge in [-0.25, -0.2) is 0 Å². The number of aromatic nitrogens is 3. The molecule has 2 aromatic heterocycles. The van der Waals surface area contributed by atoms with E-state index in [2.05, 4.69) is 100 Å². The van der Waals surface area contributed by atoms with E-state index >= 15 is 0 Å². The van der Waals surface area contributed by atoms with Crippen molar-refractivity contribution in [2.45, 2.75) is 0 Å². The Labute approximate surface area is 175 Å². The van der Waals surface area contributed by atoms with Crippen LogP contribution in [0.1, 0.15) is 22.5 Å². The summed E-state index contributed by atoms with van der Waals surface area (Å²) in [6.45, 7) is 0. The summed E-state index contributed by atoms with van der Waals surface area (Å²) in [5.41, 5.74) is 7.76. The van der Waals surface area contributed by atoms with Gasteiger partial charge in [0, 0.05) is 11.7 Å². The van der Waals surface area contributed by atoms with Crippen LogP contribution in [0.15, 0.2) is 91.1 Å². The highest BCUT2D eigenvalue weighted by Gasteiger charge is 1.98. The van der Waals surface area contributed by atoms with Crippen molar-refractivity contribution in [1.29, 1.82) is 0 Å². The molecule has 0 bridgehead atoms. The van der Waals surface area contributed by atoms with Crippen LogP contribution in [-0.4, -0.2) is 15.2 Å². The average molecular weight is 387 g/mol. The summed E-state index contributed by atoms with van der Waals surface area (Å²) >= 11 is 0. The molecule has 0 atom stereocenters. The van der Waals surface area contributed by atoms with E-state index in [9.17, 15) is 0 Å². The fraction of sp³-hybridized carbons (Fsp3) is 0. The van der Waals surface area contributed by atoms with E-state index in [0.717, 1.165) is 28.0 Å². The highest BCUT2D eigenvalue weighted by Crippen LogP contribution is 2.20. The molecule has 0 saturated carbocycles. The minimum atomic E-state index is 0.903. The lowest BCUT2D eigenvalue weighted by Crippen LogP contribution is -1.78. The average Bonchev–Trinajstić information content (AvgIpc) is 3.46. The first-order chi connectivity index (χ1) is 14.8. The third kappa shape index (κ3) is 4.01. The van der Waals surface area contributed by atoms with Crippen molar-refractivity contribution in [3.63, 3.8) is 0 Å². The number of rotatable bonds is 5. The zero-order chi connectivity index (χ0) is 20.2. The molecule has 0 unspecified atom stereocenters. The largest absolute Gasteiger partial charge is 0.361 e. The quantitative estimate of drug-likeness (QED) is 0.338. The van der Waals surface area contributed by atoms with Crippen molar-refractivity contribution in [3.05, 3.63) is 114 Å². The van der Waals surface area contributed by atoms with E-state index in [1.165, 1.54) is 16.5 Å². The maximum absolute atomic E-state index is 4.38. The van der Waals surface area contributed by atoms with Gasteiger partial charge in [0.15, 0.2) is 0 Å². The van der Waals surface area contributed by atoms with Gasteiger partial charge in [-0.3, -0.25) is 5.10 Å². The lowest BCUT2D eigenvalue weighted by molar-refractivity contribution is 1.07. The van der Waals surface area contributed by atoms with Crippen LogP contribution in [0.25, 0.3) is 46.3 Å². The van der Waals surface area contributed by atoms with Gasteiger partial charge in [-0.1, -0.05) is 78.9 Å². The third-order valence-electron chi connectivity index (χ3n) is 5.12. The van der Waals surface area contributed by atoms with Crippen LogP contribution in [-0.2, 0) is 0 Å². The van der Waals surface area contributed by atoms with E-state index in [4.69, 9.17) is 0 Å². The van der Waals surface area contributed by atoms with Gasteiger partial charge >= 0.3 is 0 Å². The van der Waals surface area contributed by atoms with Gasteiger partial charge in [0.25, 0.3) is 0 Å². The Kier molecular flexibility index (Phi) is 4.84. The second-order valence-corrected chi connectivity index (χ2v) is 7.23. The molecule has 0 fully saturated rings. The fourth-order valence-electron chi connectivity index (χ4n) is 3.48. The summed E-state index contributed by atoms with van der Waals surface area (Å²) in [5.74, 6) is 0. The summed E-state index contributed by atoms with van der Waals surface area (Å²) < 4.78 is 0. The van der Waals surface area contributed by atoms with Crippen molar-refractivity contribution in [2.24, 2.45) is 0 Å². The number of fused-ring (bicyclic) bond motifs is 1. The Morgan fingerprint density at radius 3 is 2.27 bits per heavy atom. The zero-order valence-electron chi connectivity index (χ0n) is 16.4. The minimum Gasteiger partial charge on any atom is -0.361 e. The van der Waals surface area contributed by atoms with Crippen LogP contribution >= 0.6 is 0 Å². The standard InChI is InChI=1S/C27H21N3/c1-2-4-22(5-3-1)23-11-6-20(7-12-23)9-14-25-19-26(30-29-25)15-10-21-8-13-24-16-17-28-27(24)18-21/h1-19,28H,(H,29,30). The highest BCUT2D eigenvalue weighted by molar-refractivity contribution is 5.83.